The van der Waals surface area contributed by atoms with Crippen molar-refractivity contribution in [2.75, 3.05) is 58.0 Å². The topological polar surface area (TPSA) is 58.1 Å². The summed E-state index contributed by atoms with van der Waals surface area (Å²) in [5.74, 6) is 1.31. The van der Waals surface area contributed by atoms with Crippen LogP contribution in [0.3, 0.4) is 0 Å². The molecule has 0 bridgehead atoms. The molecule has 0 radical (unpaired) electrons. The van der Waals surface area contributed by atoms with Crippen molar-refractivity contribution in [1.82, 2.24) is 10.6 Å². The number of anilines is 1. The Balaban J connectivity index is 0.00000341. The summed E-state index contributed by atoms with van der Waals surface area (Å²) in [6, 6.07) is 5.36. The fourth-order valence-electron chi connectivity index (χ4n) is 4.22. The fourth-order valence-corrected chi connectivity index (χ4v) is 4.22. The number of aryl methyl sites for hydroxylation is 1. The van der Waals surface area contributed by atoms with Crippen LogP contribution in [0.2, 0.25) is 0 Å². The second-order valence-electron chi connectivity index (χ2n) is 8.34. The lowest BCUT2D eigenvalue weighted by atomic mass is 10.0. The maximum absolute atomic E-state index is 13.4. The minimum atomic E-state index is -0.177. The van der Waals surface area contributed by atoms with E-state index in [1.165, 1.54) is 0 Å². The maximum Gasteiger partial charge on any atom is 0.191 e. The Labute approximate surface area is 203 Å². The lowest BCUT2D eigenvalue weighted by Gasteiger charge is -2.36. The summed E-state index contributed by atoms with van der Waals surface area (Å²) in [7, 11) is 1.81. The Morgan fingerprint density at radius 2 is 2.10 bits per heavy atom. The van der Waals surface area contributed by atoms with Gasteiger partial charge in [0.2, 0.25) is 0 Å². The highest BCUT2D eigenvalue weighted by atomic mass is 127. The monoisotopic (exact) mass is 548 g/mol. The molecule has 2 heterocycles. The molecule has 0 saturated carbocycles. The van der Waals surface area contributed by atoms with E-state index in [0.29, 0.717) is 12.0 Å². The highest BCUT2D eigenvalue weighted by molar-refractivity contribution is 14.0. The zero-order valence-corrected chi connectivity index (χ0v) is 21.2. The van der Waals surface area contributed by atoms with E-state index in [1.807, 2.05) is 20.0 Å². The molecule has 3 rings (SSSR count). The Morgan fingerprint density at radius 3 is 2.84 bits per heavy atom. The first-order valence-electron chi connectivity index (χ1n) is 11.3. The zero-order chi connectivity index (χ0) is 21.2. The summed E-state index contributed by atoms with van der Waals surface area (Å²) in [5, 5.41) is 6.95. The Kier molecular flexibility index (Phi) is 11.9. The standard InChI is InChI=1S/C23H37FN4O2.HI/c1-18-15-20(24)6-7-22(18)28-11-3-5-21(16-28)27-23(25-2)26-10-4-12-30-17-19-8-13-29-14-9-19;/h6-7,15,19,21H,3-5,8-14,16-17H2,1-2H3,(H2,25,26,27);1H. The predicted molar refractivity (Wildman–Crippen MR) is 135 cm³/mol. The van der Waals surface area contributed by atoms with Crippen LogP contribution in [0.25, 0.3) is 0 Å². The molecule has 1 aromatic carbocycles. The molecule has 31 heavy (non-hydrogen) atoms. The number of ether oxygens (including phenoxy) is 2. The Morgan fingerprint density at radius 1 is 1.29 bits per heavy atom. The summed E-state index contributed by atoms with van der Waals surface area (Å²) in [4.78, 5) is 6.71. The van der Waals surface area contributed by atoms with Gasteiger partial charge in [0.05, 0.1) is 0 Å². The largest absolute Gasteiger partial charge is 0.381 e. The number of nitrogens with zero attached hydrogens (tertiary/aromatic N) is 2. The van der Waals surface area contributed by atoms with Crippen LogP contribution in [0.15, 0.2) is 23.2 Å². The summed E-state index contributed by atoms with van der Waals surface area (Å²) >= 11 is 0. The van der Waals surface area contributed by atoms with Crippen LogP contribution >= 0.6 is 24.0 Å². The van der Waals surface area contributed by atoms with Crippen LogP contribution < -0.4 is 15.5 Å². The summed E-state index contributed by atoms with van der Waals surface area (Å²) in [6.07, 6.45) is 5.39. The number of halogens is 2. The van der Waals surface area contributed by atoms with Crippen molar-refractivity contribution in [3.8, 4) is 0 Å². The van der Waals surface area contributed by atoms with Gasteiger partial charge in [-0.15, -0.1) is 24.0 Å². The number of aliphatic imine (C=N–C) groups is 1. The van der Waals surface area contributed by atoms with E-state index in [9.17, 15) is 4.39 Å². The molecule has 0 aliphatic carbocycles. The minimum Gasteiger partial charge on any atom is -0.381 e. The molecule has 2 aliphatic heterocycles. The van der Waals surface area contributed by atoms with Gasteiger partial charge >= 0.3 is 0 Å². The molecule has 0 aromatic heterocycles. The molecule has 1 aromatic rings. The van der Waals surface area contributed by atoms with Crippen LogP contribution in [-0.2, 0) is 9.47 Å². The quantitative estimate of drug-likeness (QED) is 0.225. The number of hydrogen-bond donors (Lipinski definition) is 2. The lowest BCUT2D eigenvalue weighted by molar-refractivity contribution is 0.0203. The first kappa shape index (κ1) is 26.1. The first-order chi connectivity index (χ1) is 14.7. The van der Waals surface area contributed by atoms with Crippen molar-refractivity contribution in [3.05, 3.63) is 29.6 Å². The van der Waals surface area contributed by atoms with Crippen LogP contribution in [0.5, 0.6) is 0 Å². The average Bonchev–Trinajstić information content (AvgIpc) is 2.76. The number of nitrogens with one attached hydrogen (secondary N) is 2. The summed E-state index contributed by atoms with van der Waals surface area (Å²) in [6.45, 7) is 8.05. The van der Waals surface area contributed by atoms with Gasteiger partial charge in [0.15, 0.2) is 5.96 Å². The molecule has 2 saturated heterocycles. The molecule has 1 unspecified atom stereocenters. The van der Waals surface area contributed by atoms with Crippen LogP contribution in [0.1, 0.15) is 37.7 Å². The van der Waals surface area contributed by atoms with Gasteiger partial charge in [-0.1, -0.05) is 0 Å². The molecule has 0 spiro atoms. The third-order valence-electron chi connectivity index (χ3n) is 5.94. The summed E-state index contributed by atoms with van der Waals surface area (Å²) in [5.41, 5.74) is 2.10. The van der Waals surface area contributed by atoms with E-state index in [4.69, 9.17) is 9.47 Å². The third-order valence-corrected chi connectivity index (χ3v) is 5.94. The van der Waals surface area contributed by atoms with Crippen molar-refractivity contribution in [2.45, 2.75) is 45.1 Å². The molecule has 1 atom stereocenters. The highest BCUT2D eigenvalue weighted by Crippen LogP contribution is 2.24. The molecule has 8 heteroatoms. The van der Waals surface area contributed by atoms with Crippen molar-refractivity contribution in [1.29, 1.82) is 0 Å². The Bertz CT molecular complexity index is 686. The minimum absolute atomic E-state index is 0. The van der Waals surface area contributed by atoms with Gasteiger partial charge < -0.3 is 25.0 Å². The zero-order valence-electron chi connectivity index (χ0n) is 18.9. The van der Waals surface area contributed by atoms with Gasteiger partial charge in [-0.3, -0.25) is 4.99 Å². The van der Waals surface area contributed by atoms with Gasteiger partial charge in [-0.05, 0) is 68.7 Å². The van der Waals surface area contributed by atoms with Gasteiger partial charge in [0, 0.05) is 64.8 Å². The van der Waals surface area contributed by atoms with Crippen molar-refractivity contribution in [2.24, 2.45) is 10.9 Å². The molecule has 2 N–H and O–H groups in total. The Hall–Kier alpha value is -1.13. The van der Waals surface area contributed by atoms with Gasteiger partial charge in [0.1, 0.15) is 5.82 Å². The molecule has 2 aliphatic rings. The third kappa shape index (κ3) is 8.73. The molecular weight excluding hydrogens is 510 g/mol. The summed E-state index contributed by atoms with van der Waals surface area (Å²) < 4.78 is 24.6. The second kappa shape index (κ2) is 14.1. The molecule has 6 nitrogen and oxygen atoms in total. The maximum atomic E-state index is 13.4. The van der Waals surface area contributed by atoms with E-state index in [1.54, 1.807) is 12.1 Å². The normalized spacial score (nSPS) is 20.3. The van der Waals surface area contributed by atoms with Crippen molar-refractivity contribution in [3.63, 3.8) is 0 Å². The fraction of sp³-hybridized carbons (Fsp3) is 0.696. The first-order valence-corrected chi connectivity index (χ1v) is 11.3. The van der Waals surface area contributed by atoms with E-state index < -0.39 is 0 Å². The van der Waals surface area contributed by atoms with E-state index in [-0.39, 0.29) is 29.8 Å². The van der Waals surface area contributed by atoms with Crippen molar-refractivity contribution < 1.29 is 13.9 Å². The van der Waals surface area contributed by atoms with E-state index >= 15 is 0 Å². The predicted octanol–water partition coefficient (Wildman–Crippen LogP) is 3.72. The molecular formula is C23H38FIN4O2. The van der Waals surface area contributed by atoms with Crippen LogP contribution in [-0.4, -0.2) is 65.1 Å². The van der Waals surface area contributed by atoms with E-state index in [2.05, 4.69) is 20.5 Å². The molecule has 2 fully saturated rings. The number of hydrogen-bond acceptors (Lipinski definition) is 4. The average molecular weight is 548 g/mol. The van der Waals surface area contributed by atoms with Gasteiger partial charge in [0.25, 0.3) is 0 Å². The smallest absolute Gasteiger partial charge is 0.191 e. The second-order valence-corrected chi connectivity index (χ2v) is 8.34. The van der Waals surface area contributed by atoms with Crippen molar-refractivity contribution >= 4 is 35.6 Å². The number of benzene rings is 1. The molecule has 0 amide bonds. The highest BCUT2D eigenvalue weighted by Gasteiger charge is 2.22. The van der Waals surface area contributed by atoms with Gasteiger partial charge in [-0.25, -0.2) is 4.39 Å². The lowest BCUT2D eigenvalue weighted by Crippen LogP contribution is -2.51. The number of rotatable bonds is 8. The number of guanidine groups is 1. The number of piperidine rings is 1. The molecule has 176 valence electrons. The van der Waals surface area contributed by atoms with Crippen LogP contribution in [0, 0.1) is 18.7 Å². The SMILES string of the molecule is CN=C(NCCCOCC1CCOCC1)NC1CCCN(c2ccc(F)cc2C)C1.I. The van der Waals surface area contributed by atoms with Gasteiger partial charge in [-0.2, -0.15) is 0 Å². The van der Waals surface area contributed by atoms with E-state index in [0.717, 1.165) is 95.4 Å². The van der Waals surface area contributed by atoms with Crippen LogP contribution in [0.4, 0.5) is 10.1 Å².